The van der Waals surface area contributed by atoms with E-state index in [1.807, 2.05) is 0 Å². The molecule has 0 unspecified atom stereocenters. The molecule has 0 aromatic rings. The molecule has 0 saturated carbocycles. The Hall–Kier alpha value is 0.797. The summed E-state index contributed by atoms with van der Waals surface area (Å²) >= 11 is 11.7. The van der Waals surface area contributed by atoms with Gasteiger partial charge in [0.05, 0.1) is 0 Å². The summed E-state index contributed by atoms with van der Waals surface area (Å²) in [5, 5.41) is 0. The molecule has 1 heterocycles. The van der Waals surface area contributed by atoms with Crippen LogP contribution in [0.2, 0.25) is 12.1 Å². The maximum absolute atomic E-state index is 5.84. The highest BCUT2D eigenvalue weighted by Crippen LogP contribution is 2.35. The Morgan fingerprint density at radius 3 is 2.29 bits per heavy atom. The van der Waals surface area contributed by atoms with E-state index >= 15 is 0 Å². The fourth-order valence-corrected chi connectivity index (χ4v) is 3.49. The van der Waals surface area contributed by atoms with Gasteiger partial charge in [-0.2, -0.15) is 0 Å². The second-order valence-corrected chi connectivity index (χ2v) is 9.43. The predicted octanol–water partition coefficient (Wildman–Crippen LogP) is 2.51. The first-order valence-corrected chi connectivity index (χ1v) is 6.84. The Labute approximate surface area is 54.2 Å². The monoisotopic (exact) mass is 153 g/mol. The van der Waals surface area contributed by atoms with Gasteiger partial charge >= 0.3 is 0 Å². The Morgan fingerprint density at radius 2 is 2.14 bits per heavy atom. The molecule has 1 aliphatic heterocycles. The third kappa shape index (κ3) is 1.63. The zero-order valence-corrected chi connectivity index (χ0v) is 6.47. The molecule has 0 aromatic heterocycles. The van der Waals surface area contributed by atoms with Crippen molar-refractivity contribution in [2.45, 2.75) is 18.5 Å². The van der Waals surface area contributed by atoms with Gasteiger partial charge in [-0.05, 0) is 18.5 Å². The minimum atomic E-state index is -1.65. The summed E-state index contributed by atoms with van der Waals surface area (Å²) < 4.78 is 0. The number of halogens is 2. The molecule has 7 heavy (non-hydrogen) atoms. The average molecular weight is 154 g/mol. The molecule has 0 atom stereocenters. The molecular weight excluding hydrogens is 147 g/mol. The predicted molar refractivity (Wildman–Crippen MR) is 36.0 cm³/mol. The smallest absolute Gasteiger partial charge is 0.146 e. The summed E-state index contributed by atoms with van der Waals surface area (Å²) in [4.78, 5) is 0. The molecule has 0 bridgehead atoms. The van der Waals surface area contributed by atoms with Gasteiger partial charge in [0, 0.05) is 0 Å². The van der Waals surface area contributed by atoms with Crippen LogP contribution < -0.4 is 0 Å². The van der Waals surface area contributed by atoms with Gasteiger partial charge in [-0.15, -0.1) is 22.2 Å². The summed E-state index contributed by atoms with van der Waals surface area (Å²) in [6.07, 6.45) is 3.32. The van der Waals surface area contributed by atoms with Crippen molar-refractivity contribution in [3.63, 3.8) is 0 Å². The second-order valence-electron chi connectivity index (χ2n) is 1.89. The first kappa shape index (κ1) is 5.93. The fraction of sp³-hybridized carbons (Fsp3) is 0.750. The quantitative estimate of drug-likeness (QED) is 0.371. The van der Waals surface area contributed by atoms with Crippen LogP contribution in [0.5, 0.6) is 0 Å². The van der Waals surface area contributed by atoms with E-state index in [2.05, 4.69) is 6.42 Å². The normalized spacial score (nSPS) is 28.3. The van der Waals surface area contributed by atoms with Gasteiger partial charge in [0.15, 0.2) is 0 Å². The molecule has 1 radical (unpaired) electrons. The van der Waals surface area contributed by atoms with Crippen LogP contribution in [0.3, 0.4) is 0 Å². The first-order chi connectivity index (χ1) is 3.21. The summed E-state index contributed by atoms with van der Waals surface area (Å²) in [5.74, 6) is 0. The van der Waals surface area contributed by atoms with Gasteiger partial charge < -0.3 is 0 Å². The lowest BCUT2D eigenvalue weighted by atomic mass is 10.4. The molecule has 0 spiro atoms. The molecular formula is C4H7Cl2Si. The second kappa shape index (κ2) is 1.96. The summed E-state index contributed by atoms with van der Waals surface area (Å²) in [5.41, 5.74) is 0. The van der Waals surface area contributed by atoms with Crippen LogP contribution in [0.4, 0.5) is 0 Å². The van der Waals surface area contributed by atoms with E-state index in [9.17, 15) is 0 Å². The van der Waals surface area contributed by atoms with Crippen molar-refractivity contribution in [2.75, 3.05) is 0 Å². The van der Waals surface area contributed by atoms with Gasteiger partial charge in [0.1, 0.15) is 0 Å². The van der Waals surface area contributed by atoms with Gasteiger partial charge in [0.25, 0.3) is 6.69 Å². The van der Waals surface area contributed by atoms with E-state index in [0.717, 1.165) is 18.5 Å². The minimum absolute atomic E-state index is 0.996. The van der Waals surface area contributed by atoms with Gasteiger partial charge in [0.2, 0.25) is 0 Å². The number of hydrogen-bond acceptors (Lipinski definition) is 0. The summed E-state index contributed by atoms with van der Waals surface area (Å²) in [6, 6.07) is 2.06. The maximum Gasteiger partial charge on any atom is 0.251 e. The molecule has 0 aliphatic carbocycles. The lowest BCUT2D eigenvalue weighted by Gasteiger charge is -2.02. The molecule has 1 aliphatic rings. The third-order valence-electron chi connectivity index (χ3n) is 1.16. The van der Waals surface area contributed by atoms with Crippen molar-refractivity contribution >= 4 is 28.9 Å². The molecule has 1 fully saturated rings. The molecule has 41 valence electrons. The van der Waals surface area contributed by atoms with E-state index in [-0.39, 0.29) is 0 Å². The van der Waals surface area contributed by atoms with Gasteiger partial charge in [-0.25, -0.2) is 0 Å². The highest BCUT2D eigenvalue weighted by molar-refractivity contribution is 7.45. The largest absolute Gasteiger partial charge is 0.251 e. The van der Waals surface area contributed by atoms with E-state index in [1.54, 1.807) is 0 Å². The van der Waals surface area contributed by atoms with Crippen molar-refractivity contribution in [2.24, 2.45) is 0 Å². The molecule has 0 aromatic carbocycles. The van der Waals surface area contributed by atoms with Crippen molar-refractivity contribution in [3.8, 4) is 0 Å². The molecule has 3 heteroatoms. The molecule has 0 nitrogen and oxygen atoms in total. The van der Waals surface area contributed by atoms with Gasteiger partial charge in [-0.3, -0.25) is 0 Å². The zero-order valence-electron chi connectivity index (χ0n) is 3.95. The van der Waals surface area contributed by atoms with Crippen molar-refractivity contribution < 1.29 is 0 Å². The summed E-state index contributed by atoms with van der Waals surface area (Å²) in [6.45, 7) is -1.65. The fourth-order valence-electron chi connectivity index (χ4n) is 0.729. The molecule has 1 saturated heterocycles. The van der Waals surface area contributed by atoms with E-state index in [1.165, 1.54) is 0 Å². The lowest BCUT2D eigenvalue weighted by molar-refractivity contribution is 1.15. The van der Waals surface area contributed by atoms with Crippen molar-refractivity contribution in [3.05, 3.63) is 6.42 Å². The highest BCUT2D eigenvalue weighted by Gasteiger charge is 2.31. The van der Waals surface area contributed by atoms with Crippen LogP contribution >= 0.6 is 22.2 Å². The first-order valence-electron chi connectivity index (χ1n) is 2.40. The Balaban J connectivity index is 2.40. The van der Waals surface area contributed by atoms with Crippen LogP contribution in [0, 0.1) is 6.42 Å². The Bertz CT molecular complexity index is 64.1. The van der Waals surface area contributed by atoms with E-state index in [4.69, 9.17) is 22.2 Å². The SMILES string of the molecule is Cl[Si]1(Cl)C[CH]CC1. The van der Waals surface area contributed by atoms with Crippen LogP contribution in [-0.4, -0.2) is 6.69 Å². The highest BCUT2D eigenvalue weighted by atomic mass is 35.7. The van der Waals surface area contributed by atoms with E-state index in [0.29, 0.717) is 0 Å². The maximum atomic E-state index is 5.84. The van der Waals surface area contributed by atoms with Gasteiger partial charge in [-0.1, -0.05) is 6.42 Å². The van der Waals surface area contributed by atoms with Crippen LogP contribution in [-0.2, 0) is 0 Å². The molecule has 0 amide bonds. The molecule has 0 N–H and O–H groups in total. The third-order valence-corrected chi connectivity index (χ3v) is 5.12. The number of rotatable bonds is 0. The van der Waals surface area contributed by atoms with Crippen molar-refractivity contribution in [1.82, 2.24) is 0 Å². The lowest BCUT2D eigenvalue weighted by Crippen LogP contribution is -2.10. The topological polar surface area (TPSA) is 0 Å². The average Bonchev–Trinajstić information content (AvgIpc) is 1.84. The molecule has 1 rings (SSSR count). The van der Waals surface area contributed by atoms with Crippen LogP contribution in [0.25, 0.3) is 0 Å². The zero-order chi connectivity index (χ0) is 5.33. The minimum Gasteiger partial charge on any atom is -0.146 e. The number of hydrogen-bond donors (Lipinski definition) is 0. The van der Waals surface area contributed by atoms with Crippen LogP contribution in [0.15, 0.2) is 0 Å². The summed E-state index contributed by atoms with van der Waals surface area (Å²) in [7, 11) is 0. The Morgan fingerprint density at radius 1 is 1.43 bits per heavy atom. The van der Waals surface area contributed by atoms with E-state index < -0.39 is 6.69 Å². The standard InChI is InChI=1S/C4H7Cl2Si/c5-7(6)3-1-2-4-7/h1H,2-4H2. The van der Waals surface area contributed by atoms with Crippen molar-refractivity contribution in [1.29, 1.82) is 0 Å². The van der Waals surface area contributed by atoms with Crippen LogP contribution in [0.1, 0.15) is 6.42 Å². The Kier molecular flexibility index (Phi) is 1.66.